The van der Waals surface area contributed by atoms with Gasteiger partial charge in [-0.05, 0) is 12.1 Å². The zero-order chi connectivity index (χ0) is 19.0. The van der Waals surface area contributed by atoms with Crippen LogP contribution in [0.3, 0.4) is 0 Å². The number of ketones is 1. The summed E-state index contributed by atoms with van der Waals surface area (Å²) in [7, 11) is 4.09. The zero-order valence-corrected chi connectivity index (χ0v) is 14.4. The van der Waals surface area contributed by atoms with E-state index in [9.17, 15) is 20.1 Å². The van der Waals surface area contributed by atoms with Gasteiger partial charge in [0.05, 0.1) is 27.8 Å². The van der Waals surface area contributed by atoms with Gasteiger partial charge in [-0.3, -0.25) is 4.79 Å². The summed E-state index contributed by atoms with van der Waals surface area (Å²) >= 11 is 0. The van der Waals surface area contributed by atoms with Crippen molar-refractivity contribution in [3.05, 3.63) is 29.3 Å². The van der Waals surface area contributed by atoms with Crippen LogP contribution < -0.4 is 18.9 Å². The molecule has 2 aromatic carbocycles. The smallest absolute Gasteiger partial charge is 0.203 e. The summed E-state index contributed by atoms with van der Waals surface area (Å²) in [6.07, 6.45) is -0.823. The molecule has 0 unspecified atom stereocenters. The number of methoxy groups -OCH3 is 3. The van der Waals surface area contributed by atoms with E-state index in [2.05, 4.69) is 0 Å². The van der Waals surface area contributed by atoms with Gasteiger partial charge >= 0.3 is 0 Å². The molecule has 0 amide bonds. The molecular weight excluding hydrogens is 344 g/mol. The predicted octanol–water partition coefficient (Wildman–Crippen LogP) is 2.54. The average molecular weight is 362 g/mol. The molecular formula is C18H18O8. The lowest BCUT2D eigenvalue weighted by Gasteiger charge is -2.27. The Balaban J connectivity index is 2.05. The molecule has 0 spiro atoms. The Morgan fingerprint density at radius 2 is 1.62 bits per heavy atom. The molecule has 0 aliphatic carbocycles. The van der Waals surface area contributed by atoms with Crippen molar-refractivity contribution in [1.29, 1.82) is 0 Å². The molecule has 8 nitrogen and oxygen atoms in total. The fraction of sp³-hybridized carbons (Fsp3) is 0.278. The number of aromatic hydroxyl groups is 3. The highest BCUT2D eigenvalue weighted by molar-refractivity contribution is 6.03. The van der Waals surface area contributed by atoms with E-state index in [4.69, 9.17) is 18.9 Å². The number of ether oxygens (including phenoxy) is 4. The topological polar surface area (TPSA) is 115 Å². The lowest BCUT2D eigenvalue weighted by Crippen LogP contribution is -2.20. The first-order chi connectivity index (χ1) is 12.4. The van der Waals surface area contributed by atoms with Gasteiger partial charge in [0, 0.05) is 11.6 Å². The van der Waals surface area contributed by atoms with E-state index >= 15 is 0 Å². The first-order valence-electron chi connectivity index (χ1n) is 7.68. The van der Waals surface area contributed by atoms with E-state index in [-0.39, 0.29) is 52.3 Å². The van der Waals surface area contributed by atoms with Gasteiger partial charge in [0.1, 0.15) is 17.4 Å². The number of Topliss-reactive ketones (excluding diaryl/α,β-unsaturated/α-hetero) is 1. The maximum atomic E-state index is 12.5. The summed E-state index contributed by atoms with van der Waals surface area (Å²) in [6.45, 7) is 0. The van der Waals surface area contributed by atoms with Gasteiger partial charge in [0.2, 0.25) is 11.5 Å². The number of phenolic OH excluding ortho intramolecular Hbond substituents is 3. The van der Waals surface area contributed by atoms with Gasteiger partial charge < -0.3 is 34.3 Å². The maximum absolute atomic E-state index is 12.5. The third kappa shape index (κ3) is 2.69. The van der Waals surface area contributed by atoms with Crippen molar-refractivity contribution < 1.29 is 39.1 Å². The first kappa shape index (κ1) is 17.5. The molecule has 1 atom stereocenters. The Hall–Kier alpha value is -3.29. The van der Waals surface area contributed by atoms with Crippen molar-refractivity contribution in [1.82, 2.24) is 0 Å². The number of hydrogen-bond donors (Lipinski definition) is 3. The molecule has 2 aromatic rings. The molecule has 0 radical (unpaired) electrons. The third-order valence-electron chi connectivity index (χ3n) is 4.18. The molecule has 1 aliphatic heterocycles. The Morgan fingerprint density at radius 1 is 0.962 bits per heavy atom. The van der Waals surface area contributed by atoms with Crippen LogP contribution in [-0.2, 0) is 0 Å². The molecule has 3 rings (SSSR count). The Morgan fingerprint density at radius 3 is 2.23 bits per heavy atom. The molecule has 3 N–H and O–H groups in total. The first-order valence-corrected chi connectivity index (χ1v) is 7.68. The summed E-state index contributed by atoms with van der Waals surface area (Å²) in [5.74, 6) is -1.10. The van der Waals surface area contributed by atoms with Crippen molar-refractivity contribution in [2.75, 3.05) is 21.3 Å². The lowest BCUT2D eigenvalue weighted by molar-refractivity contribution is 0.0842. The highest BCUT2D eigenvalue weighted by atomic mass is 16.5. The second-order valence-corrected chi connectivity index (χ2v) is 5.66. The SMILES string of the molecule is COc1cc([C@@H]2CC(=O)c3c(cc(O)c(OC)c3O)O2)cc(O)c1OC. The average Bonchev–Trinajstić information content (AvgIpc) is 2.60. The third-order valence-corrected chi connectivity index (χ3v) is 4.18. The number of benzene rings is 2. The number of carbonyl (C=O) groups excluding carboxylic acids is 1. The molecule has 26 heavy (non-hydrogen) atoms. The second kappa shape index (κ2) is 6.55. The number of fused-ring (bicyclic) bond motifs is 1. The van der Waals surface area contributed by atoms with Gasteiger partial charge in [-0.25, -0.2) is 0 Å². The van der Waals surface area contributed by atoms with Crippen LogP contribution in [0.15, 0.2) is 18.2 Å². The molecule has 0 fully saturated rings. The summed E-state index contributed by atoms with van der Waals surface area (Å²) < 4.78 is 20.9. The fourth-order valence-electron chi connectivity index (χ4n) is 2.98. The maximum Gasteiger partial charge on any atom is 0.203 e. The minimum absolute atomic E-state index is 0.0244. The van der Waals surface area contributed by atoms with Crippen molar-refractivity contribution in [3.63, 3.8) is 0 Å². The fourth-order valence-corrected chi connectivity index (χ4v) is 2.98. The van der Waals surface area contributed by atoms with Crippen molar-refractivity contribution in [2.24, 2.45) is 0 Å². The molecule has 0 aromatic heterocycles. The summed E-state index contributed by atoms with van der Waals surface area (Å²) in [6, 6.07) is 4.21. The van der Waals surface area contributed by atoms with Gasteiger partial charge in [-0.2, -0.15) is 0 Å². The van der Waals surface area contributed by atoms with E-state index < -0.39 is 11.9 Å². The number of rotatable bonds is 4. The van der Waals surface area contributed by atoms with Crippen molar-refractivity contribution in [3.8, 4) is 40.2 Å². The summed E-state index contributed by atoms with van der Waals surface area (Å²) in [5, 5.41) is 30.2. The van der Waals surface area contributed by atoms with Crippen LogP contribution >= 0.6 is 0 Å². The number of phenols is 3. The molecule has 0 bridgehead atoms. The lowest BCUT2D eigenvalue weighted by atomic mass is 9.94. The van der Waals surface area contributed by atoms with E-state index in [1.54, 1.807) is 6.07 Å². The zero-order valence-electron chi connectivity index (χ0n) is 14.4. The Labute approximate surface area is 149 Å². The van der Waals surface area contributed by atoms with E-state index in [1.807, 2.05) is 0 Å². The molecule has 1 heterocycles. The molecule has 0 saturated heterocycles. The molecule has 8 heteroatoms. The normalized spacial score (nSPS) is 15.8. The highest BCUT2D eigenvalue weighted by Crippen LogP contribution is 2.49. The predicted molar refractivity (Wildman–Crippen MR) is 89.9 cm³/mol. The van der Waals surface area contributed by atoms with Crippen LogP contribution in [-0.4, -0.2) is 42.4 Å². The van der Waals surface area contributed by atoms with Gasteiger partial charge in [0.15, 0.2) is 28.8 Å². The molecule has 138 valence electrons. The number of carbonyl (C=O) groups is 1. The van der Waals surface area contributed by atoms with E-state index in [0.717, 1.165) is 0 Å². The van der Waals surface area contributed by atoms with Gasteiger partial charge in [-0.15, -0.1) is 0 Å². The van der Waals surface area contributed by atoms with Crippen molar-refractivity contribution in [2.45, 2.75) is 12.5 Å². The van der Waals surface area contributed by atoms with E-state index in [0.29, 0.717) is 5.56 Å². The van der Waals surface area contributed by atoms with Crippen LogP contribution in [0.2, 0.25) is 0 Å². The summed E-state index contributed by atoms with van der Waals surface area (Å²) in [4.78, 5) is 12.5. The van der Waals surface area contributed by atoms with Crippen molar-refractivity contribution >= 4 is 5.78 Å². The monoisotopic (exact) mass is 362 g/mol. The van der Waals surface area contributed by atoms with Crippen LogP contribution in [0, 0.1) is 0 Å². The standard InChI is InChI=1S/C18H18O8/c1-23-14-5-8(4-10(20)17(14)24-2)12-6-9(19)15-13(26-12)7-11(21)18(25-3)16(15)22/h4-5,7,12,20-22H,6H2,1-3H3/t12-/m0/s1. The van der Waals surface area contributed by atoms with E-state index in [1.165, 1.54) is 33.5 Å². The van der Waals surface area contributed by atoms with Crippen LogP contribution in [0.1, 0.15) is 28.4 Å². The summed E-state index contributed by atoms with van der Waals surface area (Å²) in [5.41, 5.74) is 0.426. The van der Waals surface area contributed by atoms with Gasteiger partial charge in [-0.1, -0.05) is 0 Å². The van der Waals surface area contributed by atoms with Crippen LogP contribution in [0.4, 0.5) is 0 Å². The Kier molecular flexibility index (Phi) is 4.41. The number of hydrogen-bond acceptors (Lipinski definition) is 8. The minimum atomic E-state index is -0.743. The second-order valence-electron chi connectivity index (χ2n) is 5.66. The molecule has 0 saturated carbocycles. The molecule has 1 aliphatic rings. The van der Waals surface area contributed by atoms with Crippen LogP contribution in [0.25, 0.3) is 0 Å². The minimum Gasteiger partial charge on any atom is -0.504 e. The van der Waals surface area contributed by atoms with Gasteiger partial charge in [0.25, 0.3) is 0 Å². The van der Waals surface area contributed by atoms with Crippen LogP contribution in [0.5, 0.6) is 40.2 Å². The quantitative estimate of drug-likeness (QED) is 0.760. The highest BCUT2D eigenvalue weighted by Gasteiger charge is 2.34. The Bertz CT molecular complexity index is 874. The largest absolute Gasteiger partial charge is 0.504 e.